The van der Waals surface area contributed by atoms with E-state index in [0.717, 1.165) is 83.6 Å². The minimum Gasteiger partial charge on any atom is -0.486 e. The van der Waals surface area contributed by atoms with E-state index in [4.69, 9.17) is 20.2 Å². The average Bonchev–Trinajstić information content (AvgIpc) is 3.57. The summed E-state index contributed by atoms with van der Waals surface area (Å²) in [4.78, 5) is 27.5. The van der Waals surface area contributed by atoms with Crippen molar-refractivity contribution in [1.29, 1.82) is 0 Å². The molecule has 1 fully saturated rings. The van der Waals surface area contributed by atoms with Crippen molar-refractivity contribution in [3.8, 4) is 22.6 Å². The number of fused-ring (bicyclic) bond motifs is 2. The van der Waals surface area contributed by atoms with E-state index in [9.17, 15) is 4.79 Å². The normalized spacial score (nSPS) is 15.9. The minimum absolute atomic E-state index is 0.375. The summed E-state index contributed by atoms with van der Waals surface area (Å²) in [5.41, 5.74) is 9.75. The van der Waals surface area contributed by atoms with Crippen molar-refractivity contribution >= 4 is 46.5 Å². The Labute approximate surface area is 216 Å². The van der Waals surface area contributed by atoms with Crippen molar-refractivity contribution in [2.45, 2.75) is 35.9 Å². The number of aromatic nitrogens is 4. The Bertz CT molecular complexity index is 1380. The average molecular weight is 523 g/mol. The van der Waals surface area contributed by atoms with Crippen LogP contribution >= 0.6 is 23.1 Å². The molecular weight excluding hydrogens is 496 g/mol. The molecule has 2 aliphatic rings. The number of piperidine rings is 1. The number of thiophene rings is 1. The van der Waals surface area contributed by atoms with Crippen molar-refractivity contribution in [3.63, 3.8) is 0 Å². The van der Waals surface area contributed by atoms with Gasteiger partial charge >= 0.3 is 0 Å². The summed E-state index contributed by atoms with van der Waals surface area (Å²) in [7, 11) is 0. The molecule has 0 atom stereocenters. The van der Waals surface area contributed by atoms with Crippen molar-refractivity contribution in [2.75, 3.05) is 32.0 Å². The Morgan fingerprint density at radius 2 is 1.97 bits per heavy atom. The van der Waals surface area contributed by atoms with Crippen LogP contribution in [0.15, 0.2) is 45.3 Å². The molecular formula is C25H26N6O3S2. The number of benzene rings is 1. The standard InChI is InChI=1S/C25H26N6O3S2/c26-23-22-24(28-14-27-23)31(7-3-16-1-5-30(15-32)6-2-16)25(29-22)36-21-12-20-19(33-8-9-34-20)11-18(21)17-4-10-35-13-17/h4,10-16H,1-3,5-9H2,(H2,26,27,28). The topological polar surface area (TPSA) is 108 Å². The van der Waals surface area contributed by atoms with Gasteiger partial charge in [0.2, 0.25) is 6.41 Å². The number of amides is 1. The SMILES string of the molecule is Nc1ncnc2c1nc(Sc1cc3c(cc1-c1ccsc1)OCCO3)n2CCC1CCN(C=O)CC1. The maximum atomic E-state index is 11.1. The molecule has 4 aromatic rings. The number of carbonyl (C=O) groups is 1. The van der Waals surface area contributed by atoms with E-state index in [1.54, 1.807) is 23.1 Å². The summed E-state index contributed by atoms with van der Waals surface area (Å²) < 4.78 is 13.9. The fourth-order valence-electron chi connectivity index (χ4n) is 4.77. The molecule has 11 heteroatoms. The largest absolute Gasteiger partial charge is 0.486 e. The van der Waals surface area contributed by atoms with Gasteiger partial charge in [0, 0.05) is 30.1 Å². The Morgan fingerprint density at radius 1 is 1.17 bits per heavy atom. The first-order valence-corrected chi connectivity index (χ1v) is 13.8. The van der Waals surface area contributed by atoms with Gasteiger partial charge in [0.1, 0.15) is 19.5 Å². The number of nitrogens with two attached hydrogens (primary N) is 1. The molecule has 5 heterocycles. The number of hydrogen-bond acceptors (Lipinski definition) is 9. The predicted octanol–water partition coefficient (Wildman–Crippen LogP) is 4.32. The number of ether oxygens (including phenoxy) is 2. The molecule has 2 aliphatic heterocycles. The third-order valence-electron chi connectivity index (χ3n) is 6.76. The van der Waals surface area contributed by atoms with E-state index in [0.29, 0.717) is 30.5 Å². The van der Waals surface area contributed by atoms with Gasteiger partial charge in [-0.1, -0.05) is 11.8 Å². The second-order valence-corrected chi connectivity index (χ2v) is 10.7. The zero-order valence-electron chi connectivity index (χ0n) is 19.6. The Kier molecular flexibility index (Phi) is 6.41. The third kappa shape index (κ3) is 4.48. The molecule has 0 radical (unpaired) electrons. The van der Waals surface area contributed by atoms with E-state index in [1.807, 2.05) is 11.0 Å². The first-order valence-electron chi connectivity index (χ1n) is 12.0. The number of imidazole rings is 1. The van der Waals surface area contributed by atoms with Crippen LogP contribution in [0.3, 0.4) is 0 Å². The second-order valence-electron chi connectivity index (χ2n) is 8.96. The number of carbonyl (C=O) groups excluding carboxylic acids is 1. The third-order valence-corrected chi connectivity index (χ3v) is 8.50. The maximum Gasteiger partial charge on any atom is 0.209 e. The molecule has 0 spiro atoms. The van der Waals surface area contributed by atoms with Gasteiger partial charge in [0.05, 0.1) is 0 Å². The summed E-state index contributed by atoms with van der Waals surface area (Å²) in [5, 5.41) is 5.02. The summed E-state index contributed by atoms with van der Waals surface area (Å²) in [5.74, 6) is 2.43. The van der Waals surface area contributed by atoms with Gasteiger partial charge < -0.3 is 24.7 Å². The molecule has 6 rings (SSSR count). The van der Waals surface area contributed by atoms with Gasteiger partial charge in [-0.05, 0) is 59.7 Å². The highest BCUT2D eigenvalue weighted by atomic mass is 32.2. The lowest BCUT2D eigenvalue weighted by atomic mass is 9.94. The first kappa shape index (κ1) is 23.1. The zero-order valence-corrected chi connectivity index (χ0v) is 21.3. The van der Waals surface area contributed by atoms with Crippen molar-refractivity contribution in [2.24, 2.45) is 5.92 Å². The number of rotatable bonds is 7. The van der Waals surface area contributed by atoms with E-state index in [1.165, 1.54) is 6.33 Å². The predicted molar refractivity (Wildman–Crippen MR) is 140 cm³/mol. The van der Waals surface area contributed by atoms with Crippen LogP contribution in [-0.4, -0.2) is 57.1 Å². The molecule has 9 nitrogen and oxygen atoms in total. The number of aryl methyl sites for hydroxylation is 1. The first-order chi connectivity index (χ1) is 17.7. The Balaban J connectivity index is 1.35. The van der Waals surface area contributed by atoms with Crippen LogP contribution in [-0.2, 0) is 11.3 Å². The highest BCUT2D eigenvalue weighted by Crippen LogP contribution is 2.44. The van der Waals surface area contributed by atoms with E-state index in [2.05, 4.69) is 37.4 Å². The lowest BCUT2D eigenvalue weighted by molar-refractivity contribution is -0.119. The highest BCUT2D eigenvalue weighted by molar-refractivity contribution is 7.99. The summed E-state index contributed by atoms with van der Waals surface area (Å²) in [6.45, 7) is 3.47. The van der Waals surface area contributed by atoms with Crippen LogP contribution < -0.4 is 15.2 Å². The summed E-state index contributed by atoms with van der Waals surface area (Å²) in [6, 6.07) is 6.21. The van der Waals surface area contributed by atoms with Crippen LogP contribution in [0.4, 0.5) is 5.82 Å². The van der Waals surface area contributed by atoms with Gasteiger partial charge in [0.25, 0.3) is 0 Å². The molecule has 186 valence electrons. The van der Waals surface area contributed by atoms with E-state index >= 15 is 0 Å². The van der Waals surface area contributed by atoms with Crippen LogP contribution in [0.5, 0.6) is 11.5 Å². The number of nitrogens with zero attached hydrogens (tertiary/aromatic N) is 5. The molecule has 2 N–H and O–H groups in total. The molecule has 3 aromatic heterocycles. The van der Waals surface area contributed by atoms with Gasteiger partial charge in [0.15, 0.2) is 33.6 Å². The van der Waals surface area contributed by atoms with Crippen molar-refractivity contribution < 1.29 is 14.3 Å². The monoisotopic (exact) mass is 522 g/mol. The van der Waals surface area contributed by atoms with Gasteiger partial charge in [-0.15, -0.1) is 0 Å². The fourth-order valence-corrected chi connectivity index (χ4v) is 6.50. The molecule has 0 saturated carbocycles. The molecule has 1 amide bonds. The summed E-state index contributed by atoms with van der Waals surface area (Å²) in [6.07, 6.45) is 5.44. The van der Waals surface area contributed by atoms with Gasteiger partial charge in [-0.25, -0.2) is 15.0 Å². The quantitative estimate of drug-likeness (QED) is 0.358. The van der Waals surface area contributed by atoms with Crippen molar-refractivity contribution in [1.82, 2.24) is 24.4 Å². The second kappa shape index (κ2) is 9.98. The zero-order chi connectivity index (χ0) is 24.5. The Morgan fingerprint density at radius 3 is 2.72 bits per heavy atom. The van der Waals surface area contributed by atoms with Crippen LogP contribution in [0.25, 0.3) is 22.3 Å². The molecule has 0 bridgehead atoms. The molecule has 1 saturated heterocycles. The molecule has 0 aliphatic carbocycles. The van der Waals surface area contributed by atoms with Crippen LogP contribution in [0, 0.1) is 5.92 Å². The minimum atomic E-state index is 0.375. The lowest BCUT2D eigenvalue weighted by Gasteiger charge is -2.29. The van der Waals surface area contributed by atoms with Crippen LogP contribution in [0.2, 0.25) is 0 Å². The Hall–Kier alpha value is -3.31. The summed E-state index contributed by atoms with van der Waals surface area (Å²) >= 11 is 3.24. The molecule has 0 unspecified atom stereocenters. The number of likely N-dealkylation sites (tertiary alicyclic amines) is 1. The van der Waals surface area contributed by atoms with Gasteiger partial charge in [-0.3, -0.25) is 4.79 Å². The molecule has 1 aromatic carbocycles. The molecule has 36 heavy (non-hydrogen) atoms. The number of hydrogen-bond donors (Lipinski definition) is 1. The van der Waals surface area contributed by atoms with E-state index in [-0.39, 0.29) is 0 Å². The number of anilines is 1. The highest BCUT2D eigenvalue weighted by Gasteiger charge is 2.23. The van der Waals surface area contributed by atoms with Crippen molar-refractivity contribution in [3.05, 3.63) is 35.3 Å². The number of nitrogen functional groups attached to an aromatic ring is 1. The van der Waals surface area contributed by atoms with Gasteiger partial charge in [-0.2, -0.15) is 11.3 Å². The smallest absolute Gasteiger partial charge is 0.209 e. The fraction of sp³-hybridized carbons (Fsp3) is 0.360. The maximum absolute atomic E-state index is 11.1. The van der Waals surface area contributed by atoms with Crippen LogP contribution in [0.1, 0.15) is 19.3 Å². The lowest BCUT2D eigenvalue weighted by Crippen LogP contribution is -2.32. The van der Waals surface area contributed by atoms with E-state index < -0.39 is 0 Å².